The van der Waals surface area contributed by atoms with E-state index in [4.69, 9.17) is 9.97 Å². The lowest BCUT2D eigenvalue weighted by Crippen LogP contribution is -2.26. The number of aromatic nitrogens is 4. The third-order valence-electron chi connectivity index (χ3n) is 6.00. The molecule has 0 saturated carbocycles. The predicted octanol–water partition coefficient (Wildman–Crippen LogP) is 6.78. The fourth-order valence-corrected chi connectivity index (χ4v) is 9.98. The first-order valence-corrected chi connectivity index (χ1v) is 15.0. The summed E-state index contributed by atoms with van der Waals surface area (Å²) in [6.45, 7) is 21.3. The quantitative estimate of drug-likeness (QED) is 0.355. The zero-order valence-electron chi connectivity index (χ0n) is 22.3. The Morgan fingerprint density at radius 3 is 1.59 bits per heavy atom. The lowest BCUT2D eigenvalue weighted by Gasteiger charge is -2.42. The third-order valence-corrected chi connectivity index (χ3v) is 12.1. The Hall–Kier alpha value is -1.76. The van der Waals surface area contributed by atoms with Crippen LogP contribution in [0, 0.1) is 0 Å². The Bertz CT molecular complexity index is 1010. The van der Waals surface area contributed by atoms with Crippen molar-refractivity contribution in [3.8, 4) is 0 Å². The van der Waals surface area contributed by atoms with Gasteiger partial charge in [0, 0.05) is 38.9 Å². The van der Waals surface area contributed by atoms with Crippen LogP contribution in [-0.4, -0.2) is 30.2 Å². The highest BCUT2D eigenvalue weighted by molar-refractivity contribution is 7.71. The molecule has 0 N–H and O–H groups in total. The molecule has 0 atom stereocenters. The van der Waals surface area contributed by atoms with Crippen LogP contribution < -0.4 is 10.9 Å². The fourth-order valence-electron chi connectivity index (χ4n) is 4.36. The van der Waals surface area contributed by atoms with E-state index in [0.717, 1.165) is 23.2 Å². The summed E-state index contributed by atoms with van der Waals surface area (Å²) in [5, 5.41) is 0.544. The molecule has 2 heterocycles. The summed E-state index contributed by atoms with van der Waals surface area (Å²) in [7, 11) is -1.07. The average Bonchev–Trinajstić information content (AvgIpc) is 2.75. The van der Waals surface area contributed by atoms with Crippen LogP contribution in [0.2, 0.25) is 0 Å². The minimum absolute atomic E-state index is 0.0912. The van der Waals surface area contributed by atoms with E-state index in [1.807, 2.05) is 12.4 Å². The monoisotopic (exact) mass is 494 g/mol. The first kappa shape index (κ1) is 26.8. The number of rotatable bonds is 6. The van der Waals surface area contributed by atoms with E-state index in [1.54, 1.807) is 24.8 Å². The average molecular weight is 495 g/mol. The van der Waals surface area contributed by atoms with E-state index in [-0.39, 0.29) is 23.6 Å². The van der Waals surface area contributed by atoms with Gasteiger partial charge in [0.15, 0.2) is 0 Å². The minimum atomic E-state index is -0.813. The molecule has 0 bridgehead atoms. The molecule has 0 spiro atoms. The van der Waals surface area contributed by atoms with Gasteiger partial charge in [0.05, 0.1) is 23.3 Å². The highest BCUT2D eigenvalue weighted by Crippen LogP contribution is 2.61. The lowest BCUT2D eigenvalue weighted by molar-refractivity contribution is 0.589. The molecule has 1 aromatic carbocycles. The van der Waals surface area contributed by atoms with Gasteiger partial charge < -0.3 is 0 Å². The first-order valence-electron chi connectivity index (χ1n) is 12.0. The predicted molar refractivity (Wildman–Crippen MR) is 149 cm³/mol. The van der Waals surface area contributed by atoms with Gasteiger partial charge in [-0.25, -0.2) is 0 Å². The highest BCUT2D eigenvalue weighted by atomic mass is 31.1. The zero-order valence-corrected chi connectivity index (χ0v) is 24.1. The van der Waals surface area contributed by atoms with Gasteiger partial charge in [-0.2, -0.15) is 0 Å². The van der Waals surface area contributed by atoms with Crippen molar-refractivity contribution in [2.75, 3.05) is 0 Å². The molecule has 0 aliphatic rings. The number of benzene rings is 1. The molecule has 3 rings (SSSR count). The maximum atomic E-state index is 4.69. The van der Waals surface area contributed by atoms with Gasteiger partial charge in [0.1, 0.15) is 0 Å². The van der Waals surface area contributed by atoms with Crippen molar-refractivity contribution in [1.82, 2.24) is 19.9 Å². The SMILES string of the molecule is CC(C)(C)c1ccc(CP(C(C)(C)C)C(C)(C)C)c(CP(c2cnccn2)c2cnccn2)c1. The van der Waals surface area contributed by atoms with Crippen LogP contribution in [0.25, 0.3) is 0 Å². The van der Waals surface area contributed by atoms with Gasteiger partial charge in [0.2, 0.25) is 0 Å². The molecule has 0 radical (unpaired) electrons. The molecule has 4 nitrogen and oxygen atoms in total. The second kappa shape index (κ2) is 10.5. The molecule has 182 valence electrons. The summed E-state index contributed by atoms with van der Waals surface area (Å²) >= 11 is 0. The molecular formula is C28H40N4P2. The van der Waals surface area contributed by atoms with Crippen LogP contribution in [0.5, 0.6) is 0 Å². The van der Waals surface area contributed by atoms with E-state index >= 15 is 0 Å². The van der Waals surface area contributed by atoms with E-state index in [0.29, 0.717) is 0 Å². The Kier molecular flexibility index (Phi) is 8.26. The van der Waals surface area contributed by atoms with Crippen LogP contribution in [-0.2, 0) is 17.7 Å². The van der Waals surface area contributed by atoms with Crippen LogP contribution in [0.1, 0.15) is 79.0 Å². The van der Waals surface area contributed by atoms with Gasteiger partial charge in [0.25, 0.3) is 0 Å². The molecule has 34 heavy (non-hydrogen) atoms. The molecule has 0 fully saturated rings. The summed E-state index contributed by atoms with van der Waals surface area (Å²) in [6.07, 6.45) is 12.8. The maximum absolute atomic E-state index is 4.69. The summed E-state index contributed by atoms with van der Waals surface area (Å²) in [5.74, 6) is 0. The normalized spacial score (nSPS) is 13.0. The van der Waals surface area contributed by atoms with Crippen molar-refractivity contribution >= 4 is 26.7 Å². The van der Waals surface area contributed by atoms with Gasteiger partial charge in [-0.3, -0.25) is 19.9 Å². The molecular weight excluding hydrogens is 454 g/mol. The number of hydrogen-bond donors (Lipinski definition) is 0. The molecule has 0 aliphatic heterocycles. The van der Waals surface area contributed by atoms with Gasteiger partial charge in [-0.15, -0.1) is 0 Å². The number of nitrogens with zero attached hydrogens (tertiary/aromatic N) is 4. The molecule has 0 unspecified atom stereocenters. The van der Waals surface area contributed by atoms with Crippen molar-refractivity contribution in [2.24, 2.45) is 0 Å². The second-order valence-electron chi connectivity index (χ2n) is 11.9. The van der Waals surface area contributed by atoms with E-state index in [2.05, 4.69) is 90.5 Å². The molecule has 0 saturated heterocycles. The fraction of sp³-hybridized carbons (Fsp3) is 0.500. The van der Waals surface area contributed by atoms with Gasteiger partial charge >= 0.3 is 0 Å². The van der Waals surface area contributed by atoms with E-state index < -0.39 is 7.92 Å². The zero-order chi connectivity index (χ0) is 25.1. The van der Waals surface area contributed by atoms with Gasteiger partial charge in [-0.1, -0.05) is 88.4 Å². The van der Waals surface area contributed by atoms with Crippen LogP contribution in [0.3, 0.4) is 0 Å². The Morgan fingerprint density at radius 2 is 1.18 bits per heavy atom. The smallest absolute Gasteiger partial charge is 0.0877 e. The Morgan fingerprint density at radius 1 is 0.647 bits per heavy atom. The van der Waals surface area contributed by atoms with Crippen molar-refractivity contribution in [3.63, 3.8) is 0 Å². The second-order valence-corrected chi connectivity index (χ2v) is 17.8. The molecule has 0 amide bonds. The summed E-state index contributed by atoms with van der Waals surface area (Å²) in [5.41, 5.74) is 6.34. The molecule has 3 aromatic rings. The van der Waals surface area contributed by atoms with E-state index in [9.17, 15) is 0 Å². The number of hydrogen-bond acceptors (Lipinski definition) is 4. The lowest BCUT2D eigenvalue weighted by atomic mass is 9.85. The first-order chi connectivity index (χ1) is 15.8. The van der Waals surface area contributed by atoms with Crippen LogP contribution >= 0.6 is 15.8 Å². The largest absolute Gasteiger partial charge is 0.261 e. The van der Waals surface area contributed by atoms with Crippen molar-refractivity contribution in [1.29, 1.82) is 0 Å². The Balaban J connectivity index is 2.12. The van der Waals surface area contributed by atoms with E-state index in [1.165, 1.54) is 16.7 Å². The van der Waals surface area contributed by atoms with Gasteiger partial charge in [-0.05, 0) is 38.6 Å². The highest BCUT2D eigenvalue weighted by Gasteiger charge is 2.35. The molecule has 6 heteroatoms. The summed E-state index contributed by atoms with van der Waals surface area (Å²) < 4.78 is 0. The minimum Gasteiger partial charge on any atom is -0.261 e. The summed E-state index contributed by atoms with van der Waals surface area (Å²) in [6, 6.07) is 7.17. The third kappa shape index (κ3) is 6.89. The summed E-state index contributed by atoms with van der Waals surface area (Å²) in [4.78, 5) is 18.1. The Labute approximate surface area is 209 Å². The molecule has 2 aromatic heterocycles. The maximum Gasteiger partial charge on any atom is 0.0877 e. The van der Waals surface area contributed by atoms with Crippen molar-refractivity contribution < 1.29 is 0 Å². The van der Waals surface area contributed by atoms with Crippen molar-refractivity contribution in [3.05, 3.63) is 72.1 Å². The molecule has 0 aliphatic carbocycles. The topological polar surface area (TPSA) is 51.6 Å². The van der Waals surface area contributed by atoms with Crippen LogP contribution in [0.4, 0.5) is 0 Å². The standard InChI is InChI=1S/C28H40N4P2/c1-26(2,3)23-11-10-21(20-34(27(4,5)6)28(7,8)9)22(16-23)19-33(24-17-29-12-14-31-24)25-18-30-13-15-32-25/h10-18H,19-20H2,1-9H3. The van der Waals surface area contributed by atoms with Crippen LogP contribution in [0.15, 0.2) is 55.4 Å². The van der Waals surface area contributed by atoms with Crippen molar-refractivity contribution in [2.45, 2.75) is 90.4 Å².